The summed E-state index contributed by atoms with van der Waals surface area (Å²) in [6, 6.07) is -1.27. The van der Waals surface area contributed by atoms with Crippen LogP contribution in [0.15, 0.2) is 0 Å². The first-order valence-corrected chi connectivity index (χ1v) is 10.6. The van der Waals surface area contributed by atoms with Gasteiger partial charge in [-0.2, -0.15) is 18.4 Å². The number of hydrogen-bond donors (Lipinski definition) is 5. The number of rotatable bonds is 8. The van der Waals surface area contributed by atoms with Crippen LogP contribution in [0.1, 0.15) is 40.0 Å². The minimum atomic E-state index is -5.14. The van der Waals surface area contributed by atoms with Gasteiger partial charge >= 0.3 is 12.1 Å². The van der Waals surface area contributed by atoms with Gasteiger partial charge in [0, 0.05) is 25.7 Å². The largest absolute Gasteiger partial charge is 0.471 e. The average Bonchev–Trinajstić information content (AvgIpc) is 3.52. The molecule has 2 rings (SSSR count). The van der Waals surface area contributed by atoms with Gasteiger partial charge in [0.05, 0.1) is 6.07 Å². The van der Waals surface area contributed by atoms with E-state index >= 15 is 0 Å². The Kier molecular flexibility index (Phi) is 8.47. The first-order valence-electron chi connectivity index (χ1n) is 10.6. The van der Waals surface area contributed by atoms with Crippen molar-refractivity contribution in [2.24, 2.45) is 17.3 Å². The second kappa shape index (κ2) is 10.5. The van der Waals surface area contributed by atoms with Crippen molar-refractivity contribution in [2.45, 2.75) is 64.3 Å². The number of nitrogens with zero attached hydrogens (tertiary/aromatic N) is 1. The Morgan fingerprint density at radius 1 is 1.03 bits per heavy atom. The van der Waals surface area contributed by atoms with E-state index in [9.17, 15) is 32.8 Å². The van der Waals surface area contributed by atoms with E-state index in [1.165, 1.54) is 20.8 Å². The van der Waals surface area contributed by atoms with Crippen molar-refractivity contribution in [2.75, 3.05) is 19.8 Å². The average molecular weight is 461 g/mol. The van der Waals surface area contributed by atoms with E-state index in [0.717, 1.165) is 12.8 Å². The fourth-order valence-corrected chi connectivity index (χ4v) is 3.48. The van der Waals surface area contributed by atoms with E-state index in [1.54, 1.807) is 5.32 Å². The van der Waals surface area contributed by atoms with Crippen LogP contribution in [0.3, 0.4) is 0 Å². The number of carbonyl (C=O) groups excluding carboxylic acids is 3. The molecule has 9 nitrogen and oxygen atoms in total. The van der Waals surface area contributed by atoms with Gasteiger partial charge in [-0.25, -0.2) is 0 Å². The third-order valence-corrected chi connectivity index (χ3v) is 5.53. The summed E-state index contributed by atoms with van der Waals surface area (Å²) >= 11 is 0. The molecule has 3 amide bonds. The third kappa shape index (κ3) is 7.63. The van der Waals surface area contributed by atoms with Gasteiger partial charge in [-0.05, 0) is 17.8 Å². The Labute approximate surface area is 185 Å². The Bertz CT molecular complexity index is 736. The quantitative estimate of drug-likeness (QED) is 0.350. The van der Waals surface area contributed by atoms with E-state index in [1.807, 2.05) is 0 Å². The highest BCUT2D eigenvalue weighted by Crippen LogP contribution is 2.34. The highest BCUT2D eigenvalue weighted by molar-refractivity contribution is 5.93. The van der Waals surface area contributed by atoms with Crippen molar-refractivity contribution < 1.29 is 27.6 Å². The van der Waals surface area contributed by atoms with Crippen molar-refractivity contribution >= 4 is 17.7 Å². The summed E-state index contributed by atoms with van der Waals surface area (Å²) in [6.07, 6.45) is -3.08. The topological polar surface area (TPSA) is 135 Å². The molecule has 0 aromatic rings. The van der Waals surface area contributed by atoms with Crippen LogP contribution in [-0.4, -0.2) is 61.8 Å². The van der Waals surface area contributed by atoms with Crippen molar-refractivity contribution in [1.82, 2.24) is 26.6 Å². The molecule has 0 bridgehead atoms. The Morgan fingerprint density at radius 2 is 1.62 bits per heavy atom. The molecule has 12 heteroatoms. The molecule has 0 aromatic carbocycles. The predicted molar refractivity (Wildman–Crippen MR) is 109 cm³/mol. The van der Waals surface area contributed by atoms with E-state index < -0.39 is 47.4 Å². The first-order chi connectivity index (χ1) is 14.8. The zero-order chi connectivity index (χ0) is 24.1. The summed E-state index contributed by atoms with van der Waals surface area (Å²) in [5, 5.41) is 22.5. The molecule has 0 radical (unpaired) electrons. The second-order valence-corrected chi connectivity index (χ2v) is 9.47. The molecule has 1 heterocycles. The molecule has 2 aliphatic rings. The van der Waals surface area contributed by atoms with E-state index in [2.05, 4.69) is 27.3 Å². The number of carbonyl (C=O) groups is 3. The number of nitrogens with one attached hydrogen (secondary N) is 5. The molecule has 5 N–H and O–H groups in total. The molecule has 3 atom stereocenters. The summed E-state index contributed by atoms with van der Waals surface area (Å²) in [7, 11) is 0. The standard InChI is InChI=1S/C20H31F3N6O3/c1-19(2,3)15(29-18(32)20(21,22)23)17(31)27-13(6-11-4-5-11)16(30)28-14(7-24)12-8-25-10-26-9-12/h11-15,25-26H,4-6,8-10H2,1-3H3,(H,27,31)(H,28,30)(H,29,32). The summed E-state index contributed by atoms with van der Waals surface area (Å²) < 4.78 is 38.2. The zero-order valence-corrected chi connectivity index (χ0v) is 18.4. The van der Waals surface area contributed by atoms with Crippen molar-refractivity contribution in [3.63, 3.8) is 0 Å². The molecule has 0 aromatic heterocycles. The van der Waals surface area contributed by atoms with Crippen LogP contribution in [0.2, 0.25) is 0 Å². The molecule has 2 fully saturated rings. The van der Waals surface area contributed by atoms with Crippen LogP contribution in [0.4, 0.5) is 13.2 Å². The van der Waals surface area contributed by atoms with E-state index in [0.29, 0.717) is 26.2 Å². The molecule has 1 saturated carbocycles. The van der Waals surface area contributed by atoms with Crippen molar-refractivity contribution in [3.05, 3.63) is 0 Å². The summed E-state index contributed by atoms with van der Waals surface area (Å²) in [5.41, 5.74) is -1.04. The number of hydrogen-bond acceptors (Lipinski definition) is 6. The minimum absolute atomic E-state index is 0.177. The highest BCUT2D eigenvalue weighted by atomic mass is 19.4. The van der Waals surface area contributed by atoms with Gasteiger partial charge in [0.15, 0.2) is 0 Å². The second-order valence-electron chi connectivity index (χ2n) is 9.47. The highest BCUT2D eigenvalue weighted by Gasteiger charge is 2.44. The Morgan fingerprint density at radius 3 is 2.09 bits per heavy atom. The summed E-state index contributed by atoms with van der Waals surface area (Å²) in [5.74, 6) is -3.65. The molecule has 3 unspecified atom stereocenters. The number of alkyl halides is 3. The maximum Gasteiger partial charge on any atom is 0.471 e. The SMILES string of the molecule is CC(C)(C)C(NC(=O)C(F)(F)F)C(=O)NC(CC1CC1)C(=O)NC(C#N)C1CNCNC1. The molecular formula is C20H31F3N6O3. The van der Waals surface area contributed by atoms with Gasteiger partial charge in [0.2, 0.25) is 11.8 Å². The van der Waals surface area contributed by atoms with Gasteiger partial charge < -0.3 is 26.6 Å². The van der Waals surface area contributed by atoms with Gasteiger partial charge in [-0.1, -0.05) is 33.6 Å². The number of nitriles is 1. The predicted octanol–water partition coefficient (Wildman–Crippen LogP) is 0.139. The lowest BCUT2D eigenvalue weighted by Crippen LogP contribution is -2.60. The Balaban J connectivity index is 2.11. The van der Waals surface area contributed by atoms with Crippen molar-refractivity contribution in [3.8, 4) is 6.07 Å². The smallest absolute Gasteiger partial charge is 0.342 e. The van der Waals surface area contributed by atoms with E-state index in [-0.39, 0.29) is 11.8 Å². The third-order valence-electron chi connectivity index (χ3n) is 5.53. The summed E-state index contributed by atoms with van der Waals surface area (Å²) in [4.78, 5) is 37.2. The minimum Gasteiger partial charge on any atom is -0.342 e. The lowest BCUT2D eigenvalue weighted by Gasteiger charge is -2.32. The van der Waals surface area contributed by atoms with Crippen LogP contribution < -0.4 is 26.6 Å². The lowest BCUT2D eigenvalue weighted by atomic mass is 9.85. The molecule has 1 aliphatic heterocycles. The first kappa shape index (κ1) is 25.9. The van der Waals surface area contributed by atoms with Crippen LogP contribution in [0, 0.1) is 28.6 Å². The lowest BCUT2D eigenvalue weighted by molar-refractivity contribution is -0.175. The van der Waals surface area contributed by atoms with Crippen LogP contribution in [0.5, 0.6) is 0 Å². The number of amides is 3. The molecule has 180 valence electrons. The normalized spacial score (nSPS) is 20.4. The van der Waals surface area contributed by atoms with Gasteiger partial charge in [-0.3, -0.25) is 14.4 Å². The number of halogens is 3. The molecule has 1 aliphatic carbocycles. The molecular weight excluding hydrogens is 429 g/mol. The zero-order valence-electron chi connectivity index (χ0n) is 18.4. The molecule has 32 heavy (non-hydrogen) atoms. The van der Waals surface area contributed by atoms with Gasteiger partial charge in [0.1, 0.15) is 18.1 Å². The fourth-order valence-electron chi connectivity index (χ4n) is 3.48. The fraction of sp³-hybridized carbons (Fsp3) is 0.800. The molecule has 0 spiro atoms. The van der Waals surface area contributed by atoms with Gasteiger partial charge in [-0.15, -0.1) is 0 Å². The maximum absolute atomic E-state index is 12.9. The summed E-state index contributed by atoms with van der Waals surface area (Å²) in [6.45, 7) is 6.19. The Hall–Kier alpha value is -2.39. The van der Waals surface area contributed by atoms with Crippen LogP contribution >= 0.6 is 0 Å². The van der Waals surface area contributed by atoms with Gasteiger partial charge in [0.25, 0.3) is 0 Å². The van der Waals surface area contributed by atoms with Crippen LogP contribution in [0.25, 0.3) is 0 Å². The van der Waals surface area contributed by atoms with Crippen molar-refractivity contribution in [1.29, 1.82) is 5.26 Å². The van der Waals surface area contributed by atoms with Crippen LogP contribution in [-0.2, 0) is 14.4 Å². The monoisotopic (exact) mass is 460 g/mol. The molecule has 1 saturated heterocycles. The maximum atomic E-state index is 12.9. The van der Waals surface area contributed by atoms with E-state index in [4.69, 9.17) is 0 Å².